The van der Waals surface area contributed by atoms with Crippen LogP contribution in [-0.2, 0) is 9.59 Å². The van der Waals surface area contributed by atoms with Crippen LogP contribution in [0.2, 0.25) is 4.34 Å². The van der Waals surface area contributed by atoms with E-state index in [1.54, 1.807) is 0 Å². The summed E-state index contributed by atoms with van der Waals surface area (Å²) in [5.74, 6) is 0.583. The molecule has 1 aliphatic heterocycles. The smallest absolute Gasteiger partial charge is 0.236 e. The first-order valence-corrected chi connectivity index (χ1v) is 10.7. The fourth-order valence-corrected chi connectivity index (χ4v) is 4.86. The maximum absolute atomic E-state index is 12.0. The van der Waals surface area contributed by atoms with Crippen molar-refractivity contribution in [2.75, 3.05) is 29.9 Å². The quantitative estimate of drug-likeness (QED) is 0.799. The van der Waals surface area contributed by atoms with Crippen LogP contribution in [0.5, 0.6) is 0 Å². The molecular formula is C15H16ClN3O2S3. The first-order valence-electron chi connectivity index (χ1n) is 7.48. The van der Waals surface area contributed by atoms with E-state index in [0.717, 1.165) is 36.5 Å². The summed E-state index contributed by atoms with van der Waals surface area (Å²) in [4.78, 5) is 31.1. The summed E-state index contributed by atoms with van der Waals surface area (Å²) in [6.45, 7) is 1.69. The number of hydrogen-bond donors (Lipinski definition) is 1. The highest BCUT2D eigenvalue weighted by Gasteiger charge is 2.18. The van der Waals surface area contributed by atoms with Crippen molar-refractivity contribution >= 4 is 63.0 Å². The molecule has 0 aromatic carbocycles. The highest BCUT2D eigenvalue weighted by Crippen LogP contribution is 2.32. The van der Waals surface area contributed by atoms with Crippen LogP contribution in [0, 0.1) is 0 Å². The van der Waals surface area contributed by atoms with Crippen LogP contribution in [-0.4, -0.2) is 46.3 Å². The van der Waals surface area contributed by atoms with Crippen molar-refractivity contribution in [3.63, 3.8) is 0 Å². The molecule has 3 rings (SSSR count). The molecule has 1 saturated heterocycles. The van der Waals surface area contributed by atoms with Crippen LogP contribution in [0.1, 0.15) is 12.8 Å². The number of carbonyl (C=O) groups is 2. The zero-order valence-electron chi connectivity index (χ0n) is 12.8. The standard InChI is InChI=1S/C15H16ClN3O2S3/c16-12-4-3-11(24-12)10-7-23-15(17-10)18-13(20)8-22-9-14(21)19-5-1-2-6-19/h3-4,7H,1-2,5-6,8-9H2,(H,17,18,20). The fraction of sp³-hybridized carbons (Fsp3) is 0.400. The van der Waals surface area contributed by atoms with Gasteiger partial charge in [0.15, 0.2) is 5.13 Å². The van der Waals surface area contributed by atoms with E-state index in [4.69, 9.17) is 11.6 Å². The summed E-state index contributed by atoms with van der Waals surface area (Å²) in [5.41, 5.74) is 0.809. The number of thiophene rings is 1. The van der Waals surface area contributed by atoms with Crippen molar-refractivity contribution in [3.8, 4) is 10.6 Å². The lowest BCUT2D eigenvalue weighted by atomic mass is 10.4. The van der Waals surface area contributed by atoms with Gasteiger partial charge in [-0.25, -0.2) is 4.98 Å². The summed E-state index contributed by atoms with van der Waals surface area (Å²) >= 11 is 10.1. The molecule has 2 aromatic heterocycles. The Morgan fingerprint density at radius 3 is 2.79 bits per heavy atom. The maximum Gasteiger partial charge on any atom is 0.236 e. The molecule has 1 fully saturated rings. The lowest BCUT2D eigenvalue weighted by Crippen LogP contribution is -2.29. The van der Waals surface area contributed by atoms with Gasteiger partial charge in [-0.1, -0.05) is 11.6 Å². The predicted octanol–water partition coefficient (Wildman–Crippen LogP) is 3.82. The molecule has 0 saturated carbocycles. The molecule has 1 N–H and O–H groups in total. The Morgan fingerprint density at radius 1 is 1.29 bits per heavy atom. The molecule has 0 aliphatic carbocycles. The molecule has 0 radical (unpaired) electrons. The summed E-state index contributed by atoms with van der Waals surface area (Å²) in [7, 11) is 0. The molecule has 9 heteroatoms. The molecule has 0 spiro atoms. The third-order valence-electron chi connectivity index (χ3n) is 3.49. The van der Waals surface area contributed by atoms with Gasteiger partial charge in [-0.05, 0) is 25.0 Å². The van der Waals surface area contributed by atoms with Crippen LogP contribution >= 0.6 is 46.0 Å². The zero-order valence-corrected chi connectivity index (χ0v) is 16.0. The number of rotatable bonds is 6. The van der Waals surface area contributed by atoms with Crippen molar-refractivity contribution < 1.29 is 9.59 Å². The van der Waals surface area contributed by atoms with Crippen LogP contribution in [0.4, 0.5) is 5.13 Å². The lowest BCUT2D eigenvalue weighted by Gasteiger charge is -2.14. The van der Waals surface area contributed by atoms with Crippen LogP contribution in [0.3, 0.4) is 0 Å². The predicted molar refractivity (Wildman–Crippen MR) is 102 cm³/mol. The summed E-state index contributed by atoms with van der Waals surface area (Å²) in [6.07, 6.45) is 2.16. The van der Waals surface area contributed by atoms with Gasteiger partial charge in [-0.3, -0.25) is 9.59 Å². The minimum Gasteiger partial charge on any atom is -0.342 e. The number of likely N-dealkylation sites (tertiary alicyclic amines) is 1. The van der Waals surface area contributed by atoms with Gasteiger partial charge < -0.3 is 10.2 Å². The molecule has 24 heavy (non-hydrogen) atoms. The number of halogens is 1. The van der Waals surface area contributed by atoms with Crippen LogP contribution in [0.15, 0.2) is 17.5 Å². The van der Waals surface area contributed by atoms with E-state index in [1.165, 1.54) is 34.4 Å². The van der Waals surface area contributed by atoms with E-state index in [1.807, 2.05) is 22.4 Å². The van der Waals surface area contributed by atoms with Gasteiger partial charge in [0.25, 0.3) is 0 Å². The van der Waals surface area contributed by atoms with Crippen molar-refractivity contribution in [3.05, 3.63) is 21.8 Å². The lowest BCUT2D eigenvalue weighted by molar-refractivity contribution is -0.127. The van der Waals surface area contributed by atoms with Crippen molar-refractivity contribution in [1.29, 1.82) is 0 Å². The van der Waals surface area contributed by atoms with Crippen molar-refractivity contribution in [1.82, 2.24) is 9.88 Å². The third kappa shape index (κ3) is 4.72. The Morgan fingerprint density at radius 2 is 2.08 bits per heavy atom. The Kier molecular flexibility index (Phi) is 6.15. The number of nitrogens with zero attached hydrogens (tertiary/aromatic N) is 2. The average molecular weight is 402 g/mol. The van der Waals surface area contributed by atoms with Crippen LogP contribution in [0.25, 0.3) is 10.6 Å². The second-order valence-electron chi connectivity index (χ2n) is 5.27. The van der Waals surface area contributed by atoms with E-state index in [0.29, 0.717) is 15.2 Å². The summed E-state index contributed by atoms with van der Waals surface area (Å²) in [6, 6.07) is 3.74. The molecule has 128 valence electrons. The largest absolute Gasteiger partial charge is 0.342 e. The van der Waals surface area contributed by atoms with Crippen molar-refractivity contribution in [2.24, 2.45) is 0 Å². The first-order chi connectivity index (χ1) is 11.6. The first kappa shape index (κ1) is 17.7. The number of carbonyl (C=O) groups excluding carboxylic acids is 2. The van der Waals surface area contributed by atoms with Gasteiger partial charge in [-0.15, -0.1) is 34.4 Å². The average Bonchev–Trinajstić information content (AvgIpc) is 3.27. The van der Waals surface area contributed by atoms with E-state index in [9.17, 15) is 9.59 Å². The van der Waals surface area contributed by atoms with Crippen molar-refractivity contribution in [2.45, 2.75) is 12.8 Å². The topological polar surface area (TPSA) is 62.3 Å². The SMILES string of the molecule is O=C(CSCC(=O)N1CCCC1)Nc1nc(-c2ccc(Cl)s2)cs1. The molecule has 1 aliphatic rings. The Balaban J connectivity index is 1.43. The highest BCUT2D eigenvalue weighted by atomic mass is 35.5. The van der Waals surface area contributed by atoms with E-state index >= 15 is 0 Å². The molecular weight excluding hydrogens is 386 g/mol. The Bertz CT molecular complexity index is 725. The highest BCUT2D eigenvalue weighted by molar-refractivity contribution is 8.00. The van der Waals surface area contributed by atoms with E-state index in [-0.39, 0.29) is 17.6 Å². The molecule has 2 aromatic rings. The van der Waals surface area contributed by atoms with Crippen LogP contribution < -0.4 is 5.32 Å². The van der Waals surface area contributed by atoms with E-state index < -0.39 is 0 Å². The fourth-order valence-electron chi connectivity index (χ4n) is 2.34. The number of hydrogen-bond acceptors (Lipinski definition) is 6. The second kappa shape index (κ2) is 8.33. The Labute approximate surface area is 157 Å². The van der Waals surface area contributed by atoms with E-state index in [2.05, 4.69) is 10.3 Å². The minimum atomic E-state index is -0.140. The molecule has 3 heterocycles. The van der Waals surface area contributed by atoms with Gasteiger partial charge in [0.2, 0.25) is 11.8 Å². The number of thioether (sulfide) groups is 1. The van der Waals surface area contributed by atoms with Gasteiger partial charge in [0.1, 0.15) is 0 Å². The number of thiazole rings is 1. The molecule has 0 unspecified atom stereocenters. The molecule has 2 amide bonds. The normalized spacial score (nSPS) is 14.1. The molecule has 0 atom stereocenters. The minimum absolute atomic E-state index is 0.122. The number of aromatic nitrogens is 1. The van der Waals surface area contributed by atoms with Gasteiger partial charge in [0, 0.05) is 18.5 Å². The molecule has 0 bridgehead atoms. The third-order valence-corrected chi connectivity index (χ3v) is 6.42. The second-order valence-corrected chi connectivity index (χ2v) is 8.83. The van der Waals surface area contributed by atoms with Gasteiger partial charge in [0.05, 0.1) is 26.4 Å². The zero-order chi connectivity index (χ0) is 16.9. The van der Waals surface area contributed by atoms with Gasteiger partial charge >= 0.3 is 0 Å². The maximum atomic E-state index is 12.0. The number of anilines is 1. The number of nitrogens with one attached hydrogen (secondary N) is 1. The van der Waals surface area contributed by atoms with Gasteiger partial charge in [-0.2, -0.15) is 0 Å². The summed E-state index contributed by atoms with van der Waals surface area (Å²) < 4.78 is 0.711. The molecule has 5 nitrogen and oxygen atoms in total. The Hall–Kier alpha value is -1.09. The number of amides is 2. The monoisotopic (exact) mass is 401 g/mol. The summed E-state index contributed by atoms with van der Waals surface area (Å²) in [5, 5.41) is 5.23.